The van der Waals surface area contributed by atoms with Crippen molar-refractivity contribution in [3.05, 3.63) is 32.8 Å². The third-order valence-corrected chi connectivity index (χ3v) is 6.41. The minimum atomic E-state index is -1.13. The average molecular weight is 525 g/mol. The lowest BCUT2D eigenvalue weighted by molar-refractivity contribution is -0.145. The van der Waals surface area contributed by atoms with Gasteiger partial charge in [0.2, 0.25) is 12.2 Å². The largest absolute Gasteiger partial charge is 0.467 e. The van der Waals surface area contributed by atoms with Gasteiger partial charge in [-0.2, -0.15) is 5.26 Å². The van der Waals surface area contributed by atoms with Crippen LogP contribution >= 0.6 is 23.2 Å². The number of esters is 2. The third kappa shape index (κ3) is 6.54. The molecular formula is C22H26Cl2N6O5. The summed E-state index contributed by atoms with van der Waals surface area (Å²) >= 11 is 12.9. The van der Waals surface area contributed by atoms with Crippen LogP contribution in [0.5, 0.6) is 0 Å². The Morgan fingerprint density at radius 1 is 1.40 bits per heavy atom. The molecule has 3 N–H and O–H groups in total. The highest BCUT2D eigenvalue weighted by Gasteiger charge is 2.30. The fourth-order valence-corrected chi connectivity index (χ4v) is 4.83. The van der Waals surface area contributed by atoms with Crippen LogP contribution in [0.4, 0.5) is 0 Å². The predicted octanol–water partition coefficient (Wildman–Crippen LogP) is 0.975. The van der Waals surface area contributed by atoms with Gasteiger partial charge in [0.1, 0.15) is 12.1 Å². The molecule has 11 nitrogen and oxygen atoms in total. The summed E-state index contributed by atoms with van der Waals surface area (Å²) in [6.07, 6.45) is 2.58. The van der Waals surface area contributed by atoms with E-state index in [0.29, 0.717) is 32.5 Å². The molecule has 0 saturated carbocycles. The van der Waals surface area contributed by atoms with Crippen LogP contribution in [0, 0.1) is 11.5 Å². The van der Waals surface area contributed by atoms with Gasteiger partial charge in [-0.3, -0.25) is 9.59 Å². The number of nitrogens with zero attached hydrogens (tertiary/aromatic N) is 3. The van der Waals surface area contributed by atoms with Crippen LogP contribution in [0.15, 0.2) is 11.1 Å². The van der Waals surface area contributed by atoms with Gasteiger partial charge in [0.15, 0.2) is 0 Å². The quantitative estimate of drug-likeness (QED) is 0.214. The molecule has 0 spiro atoms. The molecule has 0 aliphatic carbocycles. The molecular weight excluding hydrogens is 499 g/mol. The zero-order chi connectivity index (χ0) is 25.5. The fourth-order valence-electron chi connectivity index (χ4n) is 4.06. The van der Waals surface area contributed by atoms with E-state index in [-0.39, 0.29) is 34.2 Å². The van der Waals surface area contributed by atoms with Crippen molar-refractivity contribution in [1.29, 1.82) is 5.26 Å². The summed E-state index contributed by atoms with van der Waals surface area (Å²) in [5.41, 5.74) is 1.84. The Labute approximate surface area is 212 Å². The summed E-state index contributed by atoms with van der Waals surface area (Å²) in [4.78, 5) is 42.2. The molecule has 35 heavy (non-hydrogen) atoms. The van der Waals surface area contributed by atoms with E-state index in [9.17, 15) is 14.4 Å². The average Bonchev–Trinajstić information content (AvgIpc) is 3.27. The van der Waals surface area contributed by atoms with Crippen LogP contribution in [-0.4, -0.2) is 74.1 Å². The van der Waals surface area contributed by atoms with E-state index in [2.05, 4.69) is 20.9 Å². The number of amides is 1. The van der Waals surface area contributed by atoms with Gasteiger partial charge >= 0.3 is 11.9 Å². The zero-order valence-electron chi connectivity index (χ0n) is 19.3. The van der Waals surface area contributed by atoms with Crippen LogP contribution in [0.1, 0.15) is 34.8 Å². The van der Waals surface area contributed by atoms with Gasteiger partial charge in [-0.15, -0.1) is 4.99 Å². The van der Waals surface area contributed by atoms with Crippen LogP contribution in [0.2, 0.25) is 10.0 Å². The molecule has 2 aliphatic rings. The number of guanidine groups is 1. The Hall–Kier alpha value is -3.07. The topological polar surface area (TPSA) is 145 Å². The number of halogens is 2. The predicted molar refractivity (Wildman–Crippen MR) is 128 cm³/mol. The molecule has 1 amide bonds. The first kappa shape index (κ1) is 26.5. The molecule has 3 rings (SSSR count). The molecule has 13 heteroatoms. The highest BCUT2D eigenvalue weighted by molar-refractivity contribution is 6.40. The highest BCUT2D eigenvalue weighted by atomic mass is 35.5. The lowest BCUT2D eigenvalue weighted by Crippen LogP contribution is -2.51. The smallest absolute Gasteiger partial charge is 0.330 e. The second-order valence-corrected chi connectivity index (χ2v) is 8.83. The number of ether oxygens (including phenoxy) is 2. The molecule has 1 aromatic carbocycles. The Morgan fingerprint density at radius 3 is 2.86 bits per heavy atom. The van der Waals surface area contributed by atoms with E-state index in [0.717, 1.165) is 17.7 Å². The summed E-state index contributed by atoms with van der Waals surface area (Å²) < 4.78 is 10.0. The SMILES string of the molecule is COC(=O)[C@H](CN/C(=N\C#N)N1CC[C@H](OC(C)=O)C1)NC(=O)c1c(Cl)cc2c(c1Cl)CCNC2. The maximum Gasteiger partial charge on any atom is 0.330 e. The summed E-state index contributed by atoms with van der Waals surface area (Å²) in [7, 11) is 1.20. The minimum Gasteiger partial charge on any atom is -0.467 e. The van der Waals surface area contributed by atoms with Crippen LogP contribution < -0.4 is 16.0 Å². The number of nitrogens with one attached hydrogen (secondary N) is 3. The third-order valence-electron chi connectivity index (χ3n) is 5.69. The van der Waals surface area contributed by atoms with Crippen molar-refractivity contribution in [2.45, 2.75) is 38.5 Å². The second-order valence-electron chi connectivity index (χ2n) is 8.04. The van der Waals surface area contributed by atoms with Crippen molar-refractivity contribution >= 4 is 47.0 Å². The number of carbonyl (C=O) groups is 3. The van der Waals surface area contributed by atoms with Crippen molar-refractivity contribution in [2.24, 2.45) is 4.99 Å². The van der Waals surface area contributed by atoms with Crippen LogP contribution in [-0.2, 0) is 32.0 Å². The fraction of sp³-hybridized carbons (Fsp3) is 0.500. The molecule has 0 bridgehead atoms. The summed E-state index contributed by atoms with van der Waals surface area (Å²) in [5, 5.41) is 18.3. The van der Waals surface area contributed by atoms with Gasteiger partial charge in [0, 0.05) is 33.0 Å². The summed E-state index contributed by atoms with van der Waals surface area (Å²) in [6, 6.07) is 0.563. The Bertz CT molecular complexity index is 1070. The summed E-state index contributed by atoms with van der Waals surface area (Å²) in [6.45, 7) is 3.33. The van der Waals surface area contributed by atoms with Crippen molar-refractivity contribution in [3.63, 3.8) is 0 Å². The van der Waals surface area contributed by atoms with Crippen molar-refractivity contribution in [1.82, 2.24) is 20.9 Å². The molecule has 1 aromatic rings. The number of fused-ring (bicyclic) bond motifs is 1. The number of hydrogen-bond acceptors (Lipinski definition) is 8. The number of carbonyl (C=O) groups excluding carboxylic acids is 3. The maximum atomic E-state index is 13.1. The number of rotatable bonds is 6. The number of methoxy groups -OCH3 is 1. The standard InChI is InChI=1S/C22H26Cl2N6O5/c1-12(31)35-14-4-6-30(10-14)22(28-11-25)27-9-17(21(33)34-2)29-20(32)18-16(23)7-13-8-26-5-3-15(13)19(18)24/h7,14,17,26H,3-6,8-10H2,1-2H3,(H,27,28)(H,29,32)/t14-,17-/m0/s1. The van der Waals surface area contributed by atoms with Gasteiger partial charge in [-0.25, -0.2) is 4.79 Å². The van der Waals surface area contributed by atoms with Crippen LogP contribution in [0.25, 0.3) is 0 Å². The molecule has 0 radical (unpaired) electrons. The Balaban J connectivity index is 1.72. The molecule has 1 fully saturated rings. The van der Waals surface area contributed by atoms with Gasteiger partial charge in [0.05, 0.1) is 29.3 Å². The van der Waals surface area contributed by atoms with E-state index in [1.165, 1.54) is 14.0 Å². The number of benzene rings is 1. The Morgan fingerprint density at radius 2 is 2.17 bits per heavy atom. The van der Waals surface area contributed by atoms with E-state index < -0.39 is 23.9 Å². The summed E-state index contributed by atoms with van der Waals surface area (Å²) in [5.74, 6) is -1.56. The van der Waals surface area contributed by atoms with E-state index in [1.54, 1.807) is 17.2 Å². The first-order valence-electron chi connectivity index (χ1n) is 11.0. The van der Waals surface area contributed by atoms with E-state index in [4.69, 9.17) is 37.9 Å². The van der Waals surface area contributed by atoms with E-state index in [1.807, 2.05) is 0 Å². The van der Waals surface area contributed by atoms with Crippen molar-refractivity contribution < 1.29 is 23.9 Å². The maximum absolute atomic E-state index is 13.1. The molecule has 1 saturated heterocycles. The first-order valence-corrected chi connectivity index (χ1v) is 11.7. The molecule has 188 valence electrons. The zero-order valence-corrected chi connectivity index (χ0v) is 20.8. The normalized spacial score (nSPS) is 18.2. The number of hydrogen-bond donors (Lipinski definition) is 3. The highest BCUT2D eigenvalue weighted by Crippen LogP contribution is 2.33. The van der Waals surface area contributed by atoms with Crippen molar-refractivity contribution in [2.75, 3.05) is 33.3 Å². The molecule has 2 heterocycles. The Kier molecular flexibility index (Phi) is 9.14. The van der Waals surface area contributed by atoms with Gasteiger partial charge < -0.3 is 30.3 Å². The second kappa shape index (κ2) is 12.1. The van der Waals surface area contributed by atoms with E-state index >= 15 is 0 Å². The molecule has 2 aliphatic heterocycles. The molecule has 0 aromatic heterocycles. The number of nitriles is 1. The first-order chi connectivity index (χ1) is 16.7. The number of likely N-dealkylation sites (tertiary alicyclic amines) is 1. The van der Waals surface area contributed by atoms with Gasteiger partial charge in [0.25, 0.3) is 5.91 Å². The monoisotopic (exact) mass is 524 g/mol. The lowest BCUT2D eigenvalue weighted by Gasteiger charge is -2.24. The van der Waals surface area contributed by atoms with Crippen LogP contribution in [0.3, 0.4) is 0 Å². The molecule has 0 unspecified atom stereocenters. The minimum absolute atomic E-state index is 0.0811. The van der Waals surface area contributed by atoms with Gasteiger partial charge in [-0.1, -0.05) is 23.2 Å². The molecule has 2 atom stereocenters. The van der Waals surface area contributed by atoms with Crippen molar-refractivity contribution in [3.8, 4) is 6.19 Å². The lowest BCUT2D eigenvalue weighted by atomic mass is 9.97. The number of aliphatic imine (C=N–C) groups is 1. The van der Waals surface area contributed by atoms with Gasteiger partial charge in [-0.05, 0) is 30.2 Å².